The molecular formula is C16H23N5OS. The van der Waals surface area contributed by atoms with Crippen molar-refractivity contribution in [1.29, 1.82) is 0 Å². The van der Waals surface area contributed by atoms with E-state index in [1.165, 1.54) is 0 Å². The molecule has 2 aliphatic rings. The molecule has 1 N–H and O–H groups in total. The molecule has 6 nitrogen and oxygen atoms in total. The fourth-order valence-corrected chi connectivity index (χ4v) is 4.26. The molecule has 4 heterocycles. The highest BCUT2D eigenvalue weighted by atomic mass is 32.1. The van der Waals surface area contributed by atoms with Gasteiger partial charge in [0.25, 0.3) is 0 Å². The van der Waals surface area contributed by atoms with Crippen LogP contribution >= 0.6 is 11.3 Å². The number of aryl methyl sites for hydroxylation is 1. The predicted molar refractivity (Wildman–Crippen MR) is 90.5 cm³/mol. The molecular weight excluding hydrogens is 310 g/mol. The summed E-state index contributed by atoms with van der Waals surface area (Å²) >= 11 is 1.65. The molecule has 4 rings (SSSR count). The summed E-state index contributed by atoms with van der Waals surface area (Å²) in [6.45, 7) is 3.90. The van der Waals surface area contributed by atoms with Gasteiger partial charge in [0.15, 0.2) is 5.13 Å². The quantitative estimate of drug-likeness (QED) is 0.929. The summed E-state index contributed by atoms with van der Waals surface area (Å²) in [5, 5.41) is 11.0. The van der Waals surface area contributed by atoms with E-state index in [1.807, 2.05) is 29.5 Å². The van der Waals surface area contributed by atoms with Crippen LogP contribution < -0.4 is 5.32 Å². The second kappa shape index (κ2) is 6.22. The van der Waals surface area contributed by atoms with Gasteiger partial charge in [-0.05, 0) is 25.3 Å². The number of likely N-dealkylation sites (tertiary alicyclic amines) is 1. The number of thiazole rings is 1. The van der Waals surface area contributed by atoms with Crippen LogP contribution in [0.5, 0.6) is 0 Å². The summed E-state index contributed by atoms with van der Waals surface area (Å²) in [7, 11) is 1.97. The first kappa shape index (κ1) is 15.1. The number of anilines is 1. The zero-order valence-electron chi connectivity index (χ0n) is 13.4. The van der Waals surface area contributed by atoms with Crippen LogP contribution in [0.2, 0.25) is 0 Å². The third-order valence-electron chi connectivity index (χ3n) is 4.89. The van der Waals surface area contributed by atoms with Crippen LogP contribution in [-0.2, 0) is 18.3 Å². The lowest BCUT2D eigenvalue weighted by Crippen LogP contribution is -2.44. The van der Waals surface area contributed by atoms with Crippen LogP contribution in [0.4, 0.5) is 5.13 Å². The Kier molecular flexibility index (Phi) is 4.09. The lowest BCUT2D eigenvalue weighted by atomic mass is 9.87. The lowest BCUT2D eigenvalue weighted by Gasteiger charge is -2.38. The molecule has 1 atom stereocenters. The monoisotopic (exact) mass is 333 g/mol. The highest BCUT2D eigenvalue weighted by Crippen LogP contribution is 2.37. The molecule has 2 fully saturated rings. The van der Waals surface area contributed by atoms with Gasteiger partial charge in [0, 0.05) is 44.5 Å². The van der Waals surface area contributed by atoms with E-state index in [1.54, 1.807) is 11.3 Å². The Morgan fingerprint density at radius 2 is 2.30 bits per heavy atom. The van der Waals surface area contributed by atoms with E-state index in [-0.39, 0.29) is 5.60 Å². The molecule has 23 heavy (non-hydrogen) atoms. The number of rotatable bonds is 4. The van der Waals surface area contributed by atoms with Crippen molar-refractivity contribution in [3.8, 4) is 0 Å². The maximum Gasteiger partial charge on any atom is 0.182 e. The fraction of sp³-hybridized carbons (Fsp3) is 0.625. The molecule has 2 aromatic heterocycles. The molecule has 0 bridgehead atoms. The molecule has 0 aliphatic carbocycles. The van der Waals surface area contributed by atoms with E-state index in [4.69, 9.17) is 4.74 Å². The smallest absolute Gasteiger partial charge is 0.182 e. The zero-order valence-corrected chi connectivity index (χ0v) is 14.3. The largest absolute Gasteiger partial charge is 0.373 e. The number of nitrogens with zero attached hydrogens (tertiary/aromatic N) is 4. The number of hydrogen-bond acceptors (Lipinski definition) is 6. The van der Waals surface area contributed by atoms with Gasteiger partial charge >= 0.3 is 0 Å². The van der Waals surface area contributed by atoms with Crippen LogP contribution in [0.3, 0.4) is 0 Å². The van der Waals surface area contributed by atoms with Gasteiger partial charge in [-0.3, -0.25) is 9.58 Å². The van der Waals surface area contributed by atoms with Crippen molar-refractivity contribution in [1.82, 2.24) is 19.7 Å². The van der Waals surface area contributed by atoms with Gasteiger partial charge in [0.05, 0.1) is 23.9 Å². The summed E-state index contributed by atoms with van der Waals surface area (Å²) in [4.78, 5) is 6.79. The minimum absolute atomic E-state index is 0.0650. The maximum absolute atomic E-state index is 6.21. The summed E-state index contributed by atoms with van der Waals surface area (Å²) in [5.41, 5.74) is 1.22. The number of nitrogens with one attached hydrogen (secondary N) is 1. The second-order valence-electron chi connectivity index (χ2n) is 6.63. The molecule has 1 unspecified atom stereocenters. The van der Waals surface area contributed by atoms with Gasteiger partial charge < -0.3 is 10.1 Å². The summed E-state index contributed by atoms with van der Waals surface area (Å²) < 4.78 is 8.08. The first-order valence-electron chi connectivity index (χ1n) is 8.22. The van der Waals surface area contributed by atoms with Crippen molar-refractivity contribution in [3.63, 3.8) is 0 Å². The Bertz CT molecular complexity index is 633. The van der Waals surface area contributed by atoms with Crippen molar-refractivity contribution in [3.05, 3.63) is 29.5 Å². The van der Waals surface area contributed by atoms with Crippen LogP contribution in [0.1, 0.15) is 25.0 Å². The lowest BCUT2D eigenvalue weighted by molar-refractivity contribution is -0.0450. The summed E-state index contributed by atoms with van der Waals surface area (Å²) in [6, 6.07) is 2.49. The molecule has 124 valence electrons. The molecule has 0 amide bonds. The van der Waals surface area contributed by atoms with Crippen LogP contribution in [0, 0.1) is 0 Å². The van der Waals surface area contributed by atoms with Crippen LogP contribution in [0.15, 0.2) is 23.8 Å². The fourth-order valence-electron chi connectivity index (χ4n) is 3.65. The Hall–Kier alpha value is -1.44. The first-order chi connectivity index (χ1) is 11.2. The van der Waals surface area contributed by atoms with E-state index in [9.17, 15) is 0 Å². The number of piperidine rings is 1. The minimum Gasteiger partial charge on any atom is -0.373 e. The number of ether oxygens (including phenoxy) is 1. The third kappa shape index (κ3) is 3.41. The maximum atomic E-state index is 6.21. The Labute approximate surface area is 140 Å². The van der Waals surface area contributed by atoms with Crippen LogP contribution in [0.25, 0.3) is 0 Å². The average Bonchev–Trinajstić information content (AvgIpc) is 3.26. The van der Waals surface area contributed by atoms with Gasteiger partial charge in [0.1, 0.15) is 0 Å². The first-order valence-corrected chi connectivity index (χ1v) is 9.10. The van der Waals surface area contributed by atoms with Crippen molar-refractivity contribution < 1.29 is 4.74 Å². The molecule has 1 spiro atoms. The molecule has 7 heteroatoms. The van der Waals surface area contributed by atoms with E-state index in [0.717, 1.165) is 56.3 Å². The minimum atomic E-state index is 0.0650. The normalized spacial score (nSPS) is 24.3. The molecule has 2 aliphatic heterocycles. The Morgan fingerprint density at radius 1 is 1.43 bits per heavy atom. The van der Waals surface area contributed by atoms with Gasteiger partial charge in [-0.2, -0.15) is 5.10 Å². The Balaban J connectivity index is 1.29. The second-order valence-corrected chi connectivity index (χ2v) is 7.53. The van der Waals surface area contributed by atoms with Crippen molar-refractivity contribution in [2.45, 2.75) is 37.5 Å². The van der Waals surface area contributed by atoms with E-state index < -0.39 is 0 Å². The molecule has 2 aromatic rings. The standard InChI is InChI=1S/C16H23N5OS/c1-20-6-2-13(19-20)11-21-7-3-16(4-8-21)10-14(12-22-16)18-15-17-5-9-23-15/h2,5-6,9,14H,3-4,7-8,10-12H2,1H3,(H,17,18). The van der Waals surface area contributed by atoms with Gasteiger partial charge in [0.2, 0.25) is 0 Å². The Morgan fingerprint density at radius 3 is 3.00 bits per heavy atom. The van der Waals surface area contributed by atoms with Gasteiger partial charge in [-0.1, -0.05) is 0 Å². The molecule has 0 aromatic carbocycles. The number of aromatic nitrogens is 3. The van der Waals surface area contributed by atoms with E-state index in [0.29, 0.717) is 6.04 Å². The zero-order chi connectivity index (χ0) is 15.7. The average molecular weight is 333 g/mol. The highest BCUT2D eigenvalue weighted by molar-refractivity contribution is 7.13. The third-order valence-corrected chi connectivity index (χ3v) is 5.60. The predicted octanol–water partition coefficient (Wildman–Crippen LogP) is 2.11. The number of hydrogen-bond donors (Lipinski definition) is 1. The topological polar surface area (TPSA) is 55.2 Å². The molecule has 0 saturated carbocycles. The molecule has 2 saturated heterocycles. The summed E-state index contributed by atoms with van der Waals surface area (Å²) in [5.74, 6) is 0. The summed E-state index contributed by atoms with van der Waals surface area (Å²) in [6.07, 6.45) is 7.15. The van der Waals surface area contributed by atoms with Crippen molar-refractivity contribution in [2.24, 2.45) is 7.05 Å². The van der Waals surface area contributed by atoms with Crippen molar-refractivity contribution in [2.75, 3.05) is 25.0 Å². The van der Waals surface area contributed by atoms with Crippen molar-refractivity contribution >= 4 is 16.5 Å². The highest BCUT2D eigenvalue weighted by Gasteiger charge is 2.42. The van der Waals surface area contributed by atoms with Gasteiger partial charge in [-0.25, -0.2) is 4.98 Å². The molecule has 0 radical (unpaired) electrons. The van der Waals surface area contributed by atoms with E-state index >= 15 is 0 Å². The van der Waals surface area contributed by atoms with Gasteiger partial charge in [-0.15, -0.1) is 11.3 Å². The van der Waals surface area contributed by atoms with Crippen LogP contribution in [-0.4, -0.2) is 51.0 Å². The SMILES string of the molecule is Cn1ccc(CN2CCC3(CC2)CC(Nc2nccs2)CO3)n1. The van der Waals surface area contributed by atoms with E-state index in [2.05, 4.69) is 26.4 Å².